The molecule has 0 aromatic heterocycles. The van der Waals surface area contributed by atoms with E-state index in [1.165, 1.54) is 5.56 Å². The molecule has 0 saturated heterocycles. The van der Waals surface area contributed by atoms with Crippen LogP contribution in [-0.4, -0.2) is 28.3 Å². The Hall–Kier alpha value is -3.66. The van der Waals surface area contributed by atoms with E-state index in [0.717, 1.165) is 63.3 Å². The maximum atomic E-state index is 7.22. The summed E-state index contributed by atoms with van der Waals surface area (Å²) >= 11 is 0. The third kappa shape index (κ3) is 4.80. The Balaban J connectivity index is 0.00000164. The van der Waals surface area contributed by atoms with E-state index in [-0.39, 0.29) is 0 Å². The summed E-state index contributed by atoms with van der Waals surface area (Å²) in [5, 5.41) is 2.02. The number of fused-ring (bicyclic) bond motifs is 3. The molecule has 4 nitrogen and oxygen atoms in total. The molecule has 0 fully saturated rings. The number of benzene rings is 3. The molecule has 5 rings (SSSR count). The Kier molecular flexibility index (Phi) is 8.20. The van der Waals surface area contributed by atoms with Crippen LogP contribution in [0.4, 0.5) is 5.69 Å². The molecule has 0 bridgehead atoms. The zero-order valence-electron chi connectivity index (χ0n) is 24.1. The minimum absolute atomic E-state index is 0.323. The van der Waals surface area contributed by atoms with E-state index in [2.05, 4.69) is 99.6 Å². The number of hydrogen-bond donors (Lipinski definition) is 0. The summed E-state index contributed by atoms with van der Waals surface area (Å²) in [6.45, 7) is 8.44. The van der Waals surface area contributed by atoms with Crippen molar-refractivity contribution in [3.05, 3.63) is 89.0 Å². The number of anilines is 1. The van der Waals surface area contributed by atoms with Crippen LogP contribution < -0.4 is 19.1 Å². The van der Waals surface area contributed by atoms with Crippen molar-refractivity contribution in [2.45, 2.75) is 52.1 Å². The van der Waals surface area contributed by atoms with Crippen LogP contribution in [0.25, 0.3) is 16.8 Å². The van der Waals surface area contributed by atoms with Crippen molar-refractivity contribution in [1.82, 2.24) is 0 Å². The summed E-state index contributed by atoms with van der Waals surface area (Å²) in [7, 11) is 7.51. The lowest BCUT2D eigenvalue weighted by Gasteiger charge is -2.39. The van der Waals surface area contributed by atoms with Gasteiger partial charge < -0.3 is 19.1 Å². The second-order valence-electron chi connectivity index (χ2n) is 10.0. The summed E-state index contributed by atoms with van der Waals surface area (Å²) in [5.74, 6) is 2.72. The van der Waals surface area contributed by atoms with Gasteiger partial charge in [0.05, 0.1) is 14.2 Å². The summed E-state index contributed by atoms with van der Waals surface area (Å²) in [5.41, 5.74) is 5.05. The number of nitrogens with zero attached hydrogens (tertiary/aromatic N) is 1. The lowest BCUT2D eigenvalue weighted by Crippen LogP contribution is -2.35. The number of rotatable bonds is 6. The lowest BCUT2D eigenvalue weighted by atomic mass is 9.79. The molecule has 0 spiro atoms. The monoisotopic (exact) mass is 511 g/mol. The predicted molar refractivity (Wildman–Crippen MR) is 161 cm³/mol. The number of ether oxygens (including phenoxy) is 3. The molecule has 200 valence electrons. The molecule has 1 atom stereocenters. The molecule has 1 aliphatic heterocycles. The van der Waals surface area contributed by atoms with Crippen LogP contribution in [0.3, 0.4) is 0 Å². The van der Waals surface area contributed by atoms with Gasteiger partial charge >= 0.3 is 0 Å². The highest BCUT2D eigenvalue weighted by Crippen LogP contribution is 2.50. The highest BCUT2D eigenvalue weighted by atomic mass is 16.5. The van der Waals surface area contributed by atoms with Gasteiger partial charge in [-0.2, -0.15) is 0 Å². The van der Waals surface area contributed by atoms with Crippen molar-refractivity contribution in [3.63, 3.8) is 0 Å². The van der Waals surface area contributed by atoms with Crippen molar-refractivity contribution in [1.29, 1.82) is 0 Å². The first-order valence-electron chi connectivity index (χ1n) is 13.6. The molecule has 4 heteroatoms. The third-order valence-corrected chi connectivity index (χ3v) is 7.28. The van der Waals surface area contributed by atoms with Gasteiger partial charge in [0.15, 0.2) is 5.60 Å². The van der Waals surface area contributed by atoms with Crippen LogP contribution in [0.1, 0.15) is 63.1 Å². The second-order valence-corrected chi connectivity index (χ2v) is 10.0. The van der Waals surface area contributed by atoms with Crippen LogP contribution in [0.15, 0.2) is 72.3 Å². The first kappa shape index (κ1) is 27.4. The molecule has 38 heavy (non-hydrogen) atoms. The summed E-state index contributed by atoms with van der Waals surface area (Å²) in [6.07, 6.45) is 13.3. The fourth-order valence-electron chi connectivity index (χ4n) is 5.26. The van der Waals surface area contributed by atoms with E-state index >= 15 is 0 Å². The fraction of sp³-hybridized carbons (Fsp3) is 0.353. The summed E-state index contributed by atoms with van der Waals surface area (Å²) in [6, 6.07) is 14.9. The zero-order valence-corrected chi connectivity index (χ0v) is 24.1. The standard InChI is InChI=1S/C32H35NO3.C2H6/c1-21(2)27-20-28-29(18-25(34-5)19-30(28)35-6)31-26(27)16-17-32(36-31,22-10-8-7-9-11-22)23-12-14-24(15-13-23)33(3)4;1-2/h8,10-21H,7,9H2,1-6H3;1-2H3. The van der Waals surface area contributed by atoms with Crippen molar-refractivity contribution >= 4 is 22.5 Å². The number of hydrogen-bond acceptors (Lipinski definition) is 4. The largest absolute Gasteiger partial charge is 0.497 e. The lowest BCUT2D eigenvalue weighted by molar-refractivity contribution is 0.162. The van der Waals surface area contributed by atoms with Crippen LogP contribution in [-0.2, 0) is 5.60 Å². The molecule has 1 aliphatic carbocycles. The van der Waals surface area contributed by atoms with E-state index in [1.807, 2.05) is 19.9 Å². The molecule has 1 heterocycles. The normalized spacial score (nSPS) is 17.8. The Morgan fingerprint density at radius 1 is 0.895 bits per heavy atom. The molecular weight excluding hydrogens is 470 g/mol. The minimum Gasteiger partial charge on any atom is -0.497 e. The van der Waals surface area contributed by atoms with Crippen LogP contribution in [0.2, 0.25) is 0 Å². The van der Waals surface area contributed by atoms with Crippen LogP contribution in [0.5, 0.6) is 17.2 Å². The highest BCUT2D eigenvalue weighted by molar-refractivity contribution is 5.99. The molecule has 2 aliphatic rings. The van der Waals surface area contributed by atoms with Gasteiger partial charge in [0, 0.05) is 47.7 Å². The molecule has 0 N–H and O–H groups in total. The fourth-order valence-corrected chi connectivity index (χ4v) is 5.26. The average molecular weight is 512 g/mol. The van der Waals surface area contributed by atoms with Crippen LogP contribution in [0, 0.1) is 0 Å². The second kappa shape index (κ2) is 11.4. The van der Waals surface area contributed by atoms with Crippen molar-refractivity contribution in [2.24, 2.45) is 0 Å². The highest BCUT2D eigenvalue weighted by Gasteiger charge is 2.39. The minimum atomic E-state index is -0.729. The van der Waals surface area contributed by atoms with Crippen molar-refractivity contribution in [2.75, 3.05) is 33.2 Å². The van der Waals surface area contributed by atoms with E-state index in [4.69, 9.17) is 14.2 Å². The zero-order chi connectivity index (χ0) is 27.4. The van der Waals surface area contributed by atoms with Crippen LogP contribution >= 0.6 is 0 Å². The molecule has 3 aromatic carbocycles. The Morgan fingerprint density at radius 2 is 1.63 bits per heavy atom. The van der Waals surface area contributed by atoms with Gasteiger partial charge in [0.1, 0.15) is 17.2 Å². The van der Waals surface area contributed by atoms with Gasteiger partial charge in [-0.1, -0.05) is 64.1 Å². The Labute approximate surface area is 228 Å². The SMILES string of the molecule is CC.COc1cc(OC)c2cc(C(C)C)c3c(c2c1)OC(C1=CCCC=C1)(c1ccc(N(C)C)cc1)C=C3. The van der Waals surface area contributed by atoms with E-state index in [9.17, 15) is 0 Å². The topological polar surface area (TPSA) is 30.9 Å². The molecule has 0 radical (unpaired) electrons. The predicted octanol–water partition coefficient (Wildman–Crippen LogP) is 8.65. The first-order valence-corrected chi connectivity index (χ1v) is 13.6. The van der Waals surface area contributed by atoms with Gasteiger partial charge in [-0.3, -0.25) is 0 Å². The summed E-state index contributed by atoms with van der Waals surface area (Å²) < 4.78 is 18.7. The van der Waals surface area contributed by atoms with E-state index < -0.39 is 5.60 Å². The average Bonchev–Trinajstić information content (AvgIpc) is 2.97. The molecule has 1 unspecified atom stereocenters. The van der Waals surface area contributed by atoms with E-state index in [1.54, 1.807) is 14.2 Å². The maximum absolute atomic E-state index is 7.22. The van der Waals surface area contributed by atoms with Gasteiger partial charge in [-0.15, -0.1) is 0 Å². The van der Waals surface area contributed by atoms with Crippen molar-refractivity contribution in [3.8, 4) is 17.2 Å². The van der Waals surface area contributed by atoms with E-state index in [0.29, 0.717) is 5.92 Å². The molecule has 0 amide bonds. The molecular formula is C34H41NO3. The van der Waals surface area contributed by atoms with Gasteiger partial charge in [0.25, 0.3) is 0 Å². The quantitative estimate of drug-likeness (QED) is 0.331. The Bertz CT molecular complexity index is 1380. The van der Waals surface area contributed by atoms with Gasteiger partial charge in [0.2, 0.25) is 0 Å². The maximum Gasteiger partial charge on any atom is 0.177 e. The summed E-state index contributed by atoms with van der Waals surface area (Å²) in [4.78, 5) is 2.12. The first-order chi connectivity index (χ1) is 18.4. The Morgan fingerprint density at radius 3 is 2.21 bits per heavy atom. The van der Waals surface area contributed by atoms with Gasteiger partial charge in [-0.05, 0) is 60.2 Å². The van der Waals surface area contributed by atoms with Crippen molar-refractivity contribution < 1.29 is 14.2 Å². The number of methoxy groups -OCH3 is 2. The smallest absolute Gasteiger partial charge is 0.177 e. The van der Waals surface area contributed by atoms with Gasteiger partial charge in [-0.25, -0.2) is 0 Å². The number of allylic oxidation sites excluding steroid dienone is 2. The molecule has 3 aromatic rings. The molecule has 0 saturated carbocycles. The third-order valence-electron chi connectivity index (χ3n) is 7.28.